The number of hydrogen-bond donors (Lipinski definition) is 2. The molecule has 2 aromatic carbocycles. The summed E-state index contributed by atoms with van der Waals surface area (Å²) in [5.41, 5.74) is 3.60. The number of aromatic amines is 1. The van der Waals surface area contributed by atoms with E-state index in [1.807, 2.05) is 24.4 Å². The first kappa shape index (κ1) is 13.2. The fourth-order valence-electron chi connectivity index (χ4n) is 2.50. The second-order valence-electron chi connectivity index (χ2n) is 4.98. The molecule has 0 radical (unpaired) electrons. The number of nitrogens with one attached hydrogen (secondary N) is 2. The van der Waals surface area contributed by atoms with E-state index in [1.165, 1.54) is 16.5 Å². The van der Waals surface area contributed by atoms with Crippen LogP contribution in [0.5, 0.6) is 0 Å². The van der Waals surface area contributed by atoms with Gasteiger partial charge in [-0.3, -0.25) is 0 Å². The van der Waals surface area contributed by atoms with Crippen LogP contribution >= 0.6 is 11.6 Å². The molecule has 3 heteroatoms. The van der Waals surface area contributed by atoms with Crippen molar-refractivity contribution in [1.82, 2.24) is 10.3 Å². The van der Waals surface area contributed by atoms with Crippen molar-refractivity contribution in [2.45, 2.75) is 19.5 Å². The molecular weight excluding hydrogens is 268 g/mol. The summed E-state index contributed by atoms with van der Waals surface area (Å²) in [5.74, 6) is 0. The Morgan fingerprint density at radius 3 is 2.80 bits per heavy atom. The van der Waals surface area contributed by atoms with Crippen molar-refractivity contribution in [2.24, 2.45) is 0 Å². The van der Waals surface area contributed by atoms with Crippen molar-refractivity contribution in [2.75, 3.05) is 0 Å². The summed E-state index contributed by atoms with van der Waals surface area (Å²) in [7, 11) is 0. The molecule has 0 fully saturated rings. The van der Waals surface area contributed by atoms with Gasteiger partial charge in [-0.05, 0) is 36.2 Å². The Morgan fingerprint density at radius 2 is 1.95 bits per heavy atom. The first-order valence-electron chi connectivity index (χ1n) is 6.78. The molecule has 20 heavy (non-hydrogen) atoms. The van der Waals surface area contributed by atoms with E-state index in [-0.39, 0.29) is 6.04 Å². The molecule has 1 atom stereocenters. The van der Waals surface area contributed by atoms with Crippen LogP contribution in [0.4, 0.5) is 0 Å². The van der Waals surface area contributed by atoms with Gasteiger partial charge in [-0.2, -0.15) is 0 Å². The van der Waals surface area contributed by atoms with Crippen LogP contribution < -0.4 is 5.32 Å². The molecule has 0 aliphatic rings. The molecule has 2 N–H and O–H groups in total. The Hall–Kier alpha value is -1.77. The maximum absolute atomic E-state index is 6.23. The zero-order chi connectivity index (χ0) is 13.9. The van der Waals surface area contributed by atoms with Crippen LogP contribution in [0.3, 0.4) is 0 Å². The molecule has 0 saturated carbocycles. The zero-order valence-electron chi connectivity index (χ0n) is 11.4. The largest absolute Gasteiger partial charge is 0.361 e. The van der Waals surface area contributed by atoms with Gasteiger partial charge in [0.25, 0.3) is 0 Å². The highest BCUT2D eigenvalue weighted by Crippen LogP contribution is 2.23. The van der Waals surface area contributed by atoms with Gasteiger partial charge in [0.05, 0.1) is 0 Å². The van der Waals surface area contributed by atoms with Gasteiger partial charge in [0.1, 0.15) is 0 Å². The molecule has 1 aromatic heterocycles. The van der Waals surface area contributed by atoms with E-state index >= 15 is 0 Å². The Labute approximate surface area is 123 Å². The molecule has 3 aromatic rings. The van der Waals surface area contributed by atoms with Gasteiger partial charge < -0.3 is 10.3 Å². The minimum absolute atomic E-state index is 0.220. The predicted molar refractivity (Wildman–Crippen MR) is 85.0 cm³/mol. The molecule has 102 valence electrons. The standard InChI is InChI=1S/C17H17ClN2/c1-12(14-6-2-3-7-16(14)18)20-11-13-5-4-8-17-15(13)9-10-19-17/h2-10,12,19-20H,11H2,1H3/t12-/m1/s1. The molecule has 2 nitrogen and oxygen atoms in total. The lowest BCUT2D eigenvalue weighted by Gasteiger charge is -2.16. The van der Waals surface area contributed by atoms with Crippen LogP contribution in [-0.4, -0.2) is 4.98 Å². The van der Waals surface area contributed by atoms with Crippen molar-refractivity contribution < 1.29 is 0 Å². The molecule has 0 spiro atoms. The van der Waals surface area contributed by atoms with Crippen molar-refractivity contribution in [3.8, 4) is 0 Å². The van der Waals surface area contributed by atoms with Gasteiger partial charge in [0, 0.05) is 34.7 Å². The van der Waals surface area contributed by atoms with Crippen molar-refractivity contribution in [1.29, 1.82) is 0 Å². The summed E-state index contributed by atoms with van der Waals surface area (Å²) in [6.07, 6.45) is 1.98. The molecule has 0 aliphatic heterocycles. The van der Waals surface area contributed by atoms with E-state index in [1.54, 1.807) is 0 Å². The highest BCUT2D eigenvalue weighted by atomic mass is 35.5. The molecule has 0 aliphatic carbocycles. The average Bonchev–Trinajstić information content (AvgIpc) is 2.94. The van der Waals surface area contributed by atoms with Gasteiger partial charge in [-0.15, -0.1) is 0 Å². The number of H-pyrrole nitrogens is 1. The highest BCUT2D eigenvalue weighted by Gasteiger charge is 2.09. The van der Waals surface area contributed by atoms with Gasteiger partial charge in [0.2, 0.25) is 0 Å². The topological polar surface area (TPSA) is 27.8 Å². The lowest BCUT2D eigenvalue weighted by Crippen LogP contribution is -2.18. The Bertz CT molecular complexity index is 718. The van der Waals surface area contributed by atoms with Crippen molar-refractivity contribution in [3.63, 3.8) is 0 Å². The number of rotatable bonds is 4. The van der Waals surface area contributed by atoms with Crippen molar-refractivity contribution >= 4 is 22.5 Å². The second kappa shape index (κ2) is 5.70. The minimum atomic E-state index is 0.220. The molecule has 1 heterocycles. The monoisotopic (exact) mass is 284 g/mol. The lowest BCUT2D eigenvalue weighted by molar-refractivity contribution is 0.576. The summed E-state index contributed by atoms with van der Waals surface area (Å²) in [4.78, 5) is 3.24. The lowest BCUT2D eigenvalue weighted by atomic mass is 10.1. The van der Waals surface area contributed by atoms with E-state index in [2.05, 4.69) is 47.6 Å². The number of hydrogen-bond acceptors (Lipinski definition) is 1. The third kappa shape index (κ3) is 2.58. The summed E-state index contributed by atoms with van der Waals surface area (Å²) in [6.45, 7) is 2.96. The number of benzene rings is 2. The van der Waals surface area contributed by atoms with Crippen LogP contribution in [0.15, 0.2) is 54.7 Å². The maximum atomic E-state index is 6.23. The zero-order valence-corrected chi connectivity index (χ0v) is 12.1. The number of aromatic nitrogens is 1. The average molecular weight is 285 g/mol. The van der Waals surface area contributed by atoms with E-state index in [0.717, 1.165) is 17.1 Å². The first-order chi connectivity index (χ1) is 9.75. The molecule has 0 bridgehead atoms. The predicted octanol–water partition coefficient (Wildman–Crippen LogP) is 4.67. The summed E-state index contributed by atoms with van der Waals surface area (Å²) in [6, 6.07) is 16.6. The van der Waals surface area contributed by atoms with Crippen LogP contribution in [0.1, 0.15) is 24.1 Å². The molecular formula is C17H17ClN2. The number of fused-ring (bicyclic) bond motifs is 1. The summed E-state index contributed by atoms with van der Waals surface area (Å²) < 4.78 is 0. The maximum Gasteiger partial charge on any atom is 0.0457 e. The van der Waals surface area contributed by atoms with Crippen LogP contribution in [0, 0.1) is 0 Å². The normalized spacial score (nSPS) is 12.7. The second-order valence-corrected chi connectivity index (χ2v) is 5.39. The first-order valence-corrected chi connectivity index (χ1v) is 7.16. The number of halogens is 1. The third-order valence-electron chi connectivity index (χ3n) is 3.66. The fourth-order valence-corrected chi connectivity index (χ4v) is 2.80. The molecule has 3 rings (SSSR count). The molecule has 0 unspecified atom stereocenters. The summed E-state index contributed by atoms with van der Waals surface area (Å²) in [5, 5.41) is 5.62. The van der Waals surface area contributed by atoms with Crippen LogP contribution in [0.2, 0.25) is 5.02 Å². The molecule has 0 amide bonds. The van der Waals surface area contributed by atoms with Gasteiger partial charge in [0.15, 0.2) is 0 Å². The fraction of sp³-hybridized carbons (Fsp3) is 0.176. The Kier molecular flexibility index (Phi) is 3.77. The smallest absolute Gasteiger partial charge is 0.0457 e. The molecule has 0 saturated heterocycles. The highest BCUT2D eigenvalue weighted by molar-refractivity contribution is 6.31. The van der Waals surface area contributed by atoms with Crippen LogP contribution in [0.25, 0.3) is 10.9 Å². The third-order valence-corrected chi connectivity index (χ3v) is 4.00. The van der Waals surface area contributed by atoms with Gasteiger partial charge in [-0.25, -0.2) is 0 Å². The SMILES string of the molecule is C[C@@H](NCc1cccc2[nH]ccc12)c1ccccc1Cl. The van der Waals surface area contributed by atoms with Crippen molar-refractivity contribution in [3.05, 3.63) is 70.9 Å². The van der Waals surface area contributed by atoms with Gasteiger partial charge in [-0.1, -0.05) is 41.9 Å². The van der Waals surface area contributed by atoms with Gasteiger partial charge >= 0.3 is 0 Å². The minimum Gasteiger partial charge on any atom is -0.361 e. The Balaban J connectivity index is 1.76. The van der Waals surface area contributed by atoms with E-state index in [4.69, 9.17) is 11.6 Å². The quantitative estimate of drug-likeness (QED) is 0.716. The van der Waals surface area contributed by atoms with Crippen LogP contribution in [-0.2, 0) is 6.54 Å². The Morgan fingerprint density at radius 1 is 1.10 bits per heavy atom. The van der Waals surface area contributed by atoms with E-state index < -0.39 is 0 Å². The van der Waals surface area contributed by atoms with E-state index in [9.17, 15) is 0 Å². The van der Waals surface area contributed by atoms with E-state index in [0.29, 0.717) is 0 Å². The summed E-state index contributed by atoms with van der Waals surface area (Å²) >= 11 is 6.23.